The molecule has 0 aliphatic carbocycles. The van der Waals surface area contributed by atoms with E-state index in [1.165, 1.54) is 5.56 Å². The first-order chi connectivity index (χ1) is 10.0. The number of carbonyl (C=O) groups excluding carboxylic acids is 1. The largest absolute Gasteiger partial charge is 0.329 e. The van der Waals surface area contributed by atoms with Gasteiger partial charge in [0.1, 0.15) is 5.69 Å². The molecule has 21 heavy (non-hydrogen) atoms. The number of nitrogens with zero attached hydrogens (tertiary/aromatic N) is 3. The molecule has 2 aromatic rings. The van der Waals surface area contributed by atoms with Crippen molar-refractivity contribution in [3.8, 4) is 0 Å². The minimum atomic E-state index is 0.0235. The van der Waals surface area contributed by atoms with Crippen LogP contribution in [0.2, 0.25) is 0 Å². The van der Waals surface area contributed by atoms with Gasteiger partial charge in [-0.3, -0.25) is 9.48 Å². The molecule has 1 aliphatic rings. The second-order valence-electron chi connectivity index (χ2n) is 6.29. The molecule has 0 N–H and O–H groups in total. The lowest BCUT2D eigenvalue weighted by Crippen LogP contribution is -2.57. The van der Waals surface area contributed by atoms with E-state index in [0.717, 1.165) is 13.1 Å². The molecule has 1 saturated heterocycles. The summed E-state index contributed by atoms with van der Waals surface area (Å²) in [6.45, 7) is 7.98. The van der Waals surface area contributed by atoms with Crippen LogP contribution in [0.4, 0.5) is 0 Å². The Hall–Kier alpha value is -2.10. The van der Waals surface area contributed by atoms with Gasteiger partial charge < -0.3 is 4.90 Å². The number of amides is 1. The molecule has 2 heterocycles. The number of rotatable bonds is 3. The number of carbonyl (C=O) groups is 1. The Kier molecular flexibility index (Phi) is 3.32. The molecule has 1 aliphatic heterocycles. The minimum absolute atomic E-state index is 0.0235. The lowest BCUT2D eigenvalue weighted by atomic mass is 9.71. The van der Waals surface area contributed by atoms with Crippen LogP contribution in [0.15, 0.2) is 42.6 Å². The first kappa shape index (κ1) is 13.9. The molecule has 4 nitrogen and oxygen atoms in total. The molecule has 0 radical (unpaired) electrons. The zero-order chi connectivity index (χ0) is 15.0. The second-order valence-corrected chi connectivity index (χ2v) is 6.29. The molecule has 3 rings (SSSR count). The summed E-state index contributed by atoms with van der Waals surface area (Å²) in [5, 5.41) is 4.33. The van der Waals surface area contributed by atoms with E-state index in [4.69, 9.17) is 0 Å². The quantitative estimate of drug-likeness (QED) is 0.868. The van der Waals surface area contributed by atoms with E-state index in [0.29, 0.717) is 5.69 Å². The van der Waals surface area contributed by atoms with E-state index in [-0.39, 0.29) is 17.4 Å². The van der Waals surface area contributed by atoms with Crippen LogP contribution < -0.4 is 0 Å². The zero-order valence-electron chi connectivity index (χ0n) is 12.8. The molecule has 0 bridgehead atoms. The van der Waals surface area contributed by atoms with Crippen molar-refractivity contribution in [2.24, 2.45) is 5.41 Å². The fraction of sp³-hybridized carbons (Fsp3) is 0.412. The normalized spacial score (nSPS) is 20.1. The minimum Gasteiger partial charge on any atom is -0.329 e. The maximum Gasteiger partial charge on any atom is 0.274 e. The van der Waals surface area contributed by atoms with Gasteiger partial charge >= 0.3 is 0 Å². The maximum atomic E-state index is 12.7. The van der Waals surface area contributed by atoms with Gasteiger partial charge in [0.15, 0.2) is 0 Å². The monoisotopic (exact) mass is 283 g/mol. The van der Waals surface area contributed by atoms with Crippen LogP contribution >= 0.6 is 0 Å². The summed E-state index contributed by atoms with van der Waals surface area (Å²) in [5.41, 5.74) is 1.83. The van der Waals surface area contributed by atoms with E-state index < -0.39 is 0 Å². The van der Waals surface area contributed by atoms with E-state index in [1.807, 2.05) is 36.2 Å². The number of hydrogen-bond donors (Lipinski definition) is 0. The molecule has 1 unspecified atom stereocenters. The van der Waals surface area contributed by atoms with E-state index in [1.54, 1.807) is 10.7 Å². The van der Waals surface area contributed by atoms with Crippen LogP contribution in [0.5, 0.6) is 0 Å². The molecule has 1 amide bonds. The van der Waals surface area contributed by atoms with Crippen molar-refractivity contribution in [1.29, 1.82) is 0 Å². The molecule has 1 aromatic heterocycles. The third-order valence-electron chi connectivity index (χ3n) is 4.19. The highest BCUT2D eigenvalue weighted by atomic mass is 16.2. The van der Waals surface area contributed by atoms with Crippen molar-refractivity contribution in [3.05, 3.63) is 53.9 Å². The van der Waals surface area contributed by atoms with Gasteiger partial charge in [-0.25, -0.2) is 0 Å². The molecule has 0 saturated carbocycles. The highest BCUT2D eigenvalue weighted by Gasteiger charge is 2.49. The molecule has 4 heteroatoms. The molecule has 1 aromatic carbocycles. The third kappa shape index (κ3) is 2.35. The van der Waals surface area contributed by atoms with Gasteiger partial charge in [0.25, 0.3) is 5.91 Å². The summed E-state index contributed by atoms with van der Waals surface area (Å²) in [6, 6.07) is 12.2. The van der Waals surface area contributed by atoms with Crippen molar-refractivity contribution in [1.82, 2.24) is 14.7 Å². The van der Waals surface area contributed by atoms with Crippen LogP contribution in [0, 0.1) is 5.41 Å². The van der Waals surface area contributed by atoms with Gasteiger partial charge in [-0.2, -0.15) is 5.10 Å². The lowest BCUT2D eigenvalue weighted by molar-refractivity contribution is -0.0326. The van der Waals surface area contributed by atoms with E-state index >= 15 is 0 Å². The summed E-state index contributed by atoms with van der Waals surface area (Å²) < 4.78 is 1.79. The number of benzene rings is 1. The average molecular weight is 283 g/mol. The van der Waals surface area contributed by atoms with Crippen LogP contribution in [0.1, 0.15) is 42.9 Å². The standard InChI is InChI=1S/C17H21N3O/c1-4-19-11-10-14(18-19)16(21)20-12-17(2,3)15(20)13-8-6-5-7-9-13/h5-11,15H,4,12H2,1-3H3. The predicted octanol–water partition coefficient (Wildman–Crippen LogP) is 3.13. The van der Waals surface area contributed by atoms with Crippen LogP contribution in [0.25, 0.3) is 0 Å². The Morgan fingerprint density at radius 3 is 2.57 bits per heavy atom. The van der Waals surface area contributed by atoms with Gasteiger partial charge in [-0.05, 0) is 18.6 Å². The second kappa shape index (κ2) is 5.02. The Morgan fingerprint density at radius 1 is 1.29 bits per heavy atom. The molecular formula is C17H21N3O. The highest BCUT2D eigenvalue weighted by molar-refractivity contribution is 5.93. The SMILES string of the molecule is CCn1ccc(C(=O)N2CC(C)(C)C2c2ccccc2)n1. The maximum absolute atomic E-state index is 12.7. The van der Waals surface area contributed by atoms with E-state index in [2.05, 4.69) is 31.1 Å². The van der Waals surface area contributed by atoms with Crippen molar-refractivity contribution in [2.75, 3.05) is 6.54 Å². The van der Waals surface area contributed by atoms with Crippen LogP contribution in [-0.4, -0.2) is 27.1 Å². The average Bonchev–Trinajstić information content (AvgIpc) is 2.94. The Morgan fingerprint density at radius 2 is 2.00 bits per heavy atom. The predicted molar refractivity (Wildman–Crippen MR) is 81.9 cm³/mol. The summed E-state index contributed by atoms with van der Waals surface area (Å²) in [5.74, 6) is 0.0235. The number of aromatic nitrogens is 2. The van der Waals surface area contributed by atoms with Gasteiger partial charge in [0, 0.05) is 24.7 Å². The van der Waals surface area contributed by atoms with Gasteiger partial charge in [-0.15, -0.1) is 0 Å². The molecular weight excluding hydrogens is 262 g/mol. The first-order valence-corrected chi connectivity index (χ1v) is 7.42. The lowest BCUT2D eigenvalue weighted by Gasteiger charge is -2.54. The highest BCUT2D eigenvalue weighted by Crippen LogP contribution is 2.48. The summed E-state index contributed by atoms with van der Waals surface area (Å²) in [6.07, 6.45) is 1.86. The van der Waals surface area contributed by atoms with E-state index in [9.17, 15) is 4.79 Å². The molecule has 1 atom stereocenters. The molecule has 0 spiro atoms. The third-order valence-corrected chi connectivity index (χ3v) is 4.19. The van der Waals surface area contributed by atoms with Crippen molar-refractivity contribution in [3.63, 3.8) is 0 Å². The Balaban J connectivity index is 1.87. The van der Waals surface area contributed by atoms with Crippen molar-refractivity contribution in [2.45, 2.75) is 33.4 Å². The van der Waals surface area contributed by atoms with Crippen molar-refractivity contribution < 1.29 is 4.79 Å². The van der Waals surface area contributed by atoms with Gasteiger partial charge in [0.05, 0.1) is 6.04 Å². The number of aryl methyl sites for hydroxylation is 1. The first-order valence-electron chi connectivity index (χ1n) is 7.42. The topological polar surface area (TPSA) is 38.1 Å². The van der Waals surface area contributed by atoms with Crippen LogP contribution in [0.3, 0.4) is 0 Å². The van der Waals surface area contributed by atoms with Gasteiger partial charge in [0.2, 0.25) is 0 Å². The summed E-state index contributed by atoms with van der Waals surface area (Å²) >= 11 is 0. The van der Waals surface area contributed by atoms with Crippen molar-refractivity contribution >= 4 is 5.91 Å². The fourth-order valence-corrected chi connectivity index (χ4v) is 3.18. The van der Waals surface area contributed by atoms with Crippen LogP contribution in [-0.2, 0) is 6.54 Å². The number of hydrogen-bond acceptors (Lipinski definition) is 2. The summed E-state index contributed by atoms with van der Waals surface area (Å²) in [7, 11) is 0. The Labute approximate surface area is 125 Å². The molecule has 110 valence electrons. The summed E-state index contributed by atoms with van der Waals surface area (Å²) in [4.78, 5) is 14.6. The Bertz CT molecular complexity index is 645. The zero-order valence-corrected chi connectivity index (χ0v) is 12.8. The molecule has 1 fully saturated rings. The smallest absolute Gasteiger partial charge is 0.274 e. The fourth-order valence-electron chi connectivity index (χ4n) is 3.18. The van der Waals surface area contributed by atoms with Gasteiger partial charge in [-0.1, -0.05) is 44.2 Å². The number of likely N-dealkylation sites (tertiary alicyclic amines) is 1.